The molecule has 1 aliphatic carbocycles. The molecule has 1 heterocycles. The fraction of sp³-hybridized carbons (Fsp3) is 0.667. The number of thiocarbonyl (C=S) groups is 1. The van der Waals surface area contributed by atoms with Gasteiger partial charge in [-0.15, -0.1) is 0 Å². The first-order valence-electron chi connectivity index (χ1n) is 7.33. The minimum atomic E-state index is 0.369. The van der Waals surface area contributed by atoms with Crippen molar-refractivity contribution in [2.45, 2.75) is 64.0 Å². The van der Waals surface area contributed by atoms with Crippen LogP contribution in [0.3, 0.4) is 0 Å². The Balaban J connectivity index is 1.63. The summed E-state index contributed by atoms with van der Waals surface area (Å²) in [5.74, 6) is 1.04. The molecule has 1 fully saturated rings. The summed E-state index contributed by atoms with van der Waals surface area (Å²) in [4.78, 5) is 0. The molecule has 2 rings (SSSR count). The van der Waals surface area contributed by atoms with E-state index in [1.54, 1.807) is 6.26 Å². The van der Waals surface area contributed by atoms with Crippen molar-refractivity contribution in [1.29, 1.82) is 0 Å². The molecular formula is C15H24N2OS. The Morgan fingerprint density at radius 1 is 1.42 bits per heavy atom. The molecule has 1 aliphatic rings. The van der Waals surface area contributed by atoms with Gasteiger partial charge in [0.2, 0.25) is 0 Å². The fourth-order valence-electron chi connectivity index (χ4n) is 2.58. The van der Waals surface area contributed by atoms with Gasteiger partial charge in [0.05, 0.1) is 6.26 Å². The first kappa shape index (κ1) is 14.4. The van der Waals surface area contributed by atoms with Gasteiger partial charge >= 0.3 is 0 Å². The minimum Gasteiger partial charge on any atom is -0.469 e. The van der Waals surface area contributed by atoms with Gasteiger partial charge in [-0.05, 0) is 50.5 Å². The van der Waals surface area contributed by atoms with E-state index in [-0.39, 0.29) is 0 Å². The normalized spacial score (nSPS) is 17.9. The highest BCUT2D eigenvalue weighted by Crippen LogP contribution is 2.17. The molecule has 19 heavy (non-hydrogen) atoms. The highest BCUT2D eigenvalue weighted by molar-refractivity contribution is 7.80. The van der Waals surface area contributed by atoms with E-state index in [1.165, 1.54) is 32.1 Å². The number of hydrogen-bond acceptors (Lipinski definition) is 2. The lowest BCUT2D eigenvalue weighted by Gasteiger charge is -2.25. The van der Waals surface area contributed by atoms with E-state index in [0.717, 1.165) is 23.7 Å². The van der Waals surface area contributed by atoms with E-state index in [4.69, 9.17) is 16.6 Å². The van der Waals surface area contributed by atoms with E-state index in [2.05, 4.69) is 17.6 Å². The summed E-state index contributed by atoms with van der Waals surface area (Å²) in [7, 11) is 0. The summed E-state index contributed by atoms with van der Waals surface area (Å²) < 4.78 is 5.33. The monoisotopic (exact) mass is 280 g/mol. The second-order valence-electron chi connectivity index (χ2n) is 5.47. The molecule has 0 saturated heterocycles. The molecule has 3 nitrogen and oxygen atoms in total. The summed E-state index contributed by atoms with van der Waals surface area (Å²) in [6.07, 6.45) is 10.2. The number of nitrogens with one attached hydrogen (secondary N) is 2. The van der Waals surface area contributed by atoms with Crippen LogP contribution in [0, 0.1) is 0 Å². The maximum Gasteiger partial charge on any atom is 0.166 e. The summed E-state index contributed by atoms with van der Waals surface area (Å²) >= 11 is 5.38. The number of furan rings is 1. The zero-order valence-corrected chi connectivity index (χ0v) is 12.5. The molecule has 106 valence electrons. The quantitative estimate of drug-likeness (QED) is 0.811. The third kappa shape index (κ3) is 5.23. The second-order valence-corrected chi connectivity index (χ2v) is 5.88. The first-order chi connectivity index (χ1) is 9.24. The second kappa shape index (κ2) is 7.53. The van der Waals surface area contributed by atoms with Gasteiger partial charge < -0.3 is 15.1 Å². The van der Waals surface area contributed by atoms with Gasteiger partial charge in [-0.3, -0.25) is 0 Å². The van der Waals surface area contributed by atoms with Gasteiger partial charge in [-0.25, -0.2) is 0 Å². The minimum absolute atomic E-state index is 0.369. The molecule has 0 unspecified atom stereocenters. The number of aryl methyl sites for hydroxylation is 1. The predicted octanol–water partition coefficient (Wildman–Crippen LogP) is 3.40. The average molecular weight is 280 g/mol. The van der Waals surface area contributed by atoms with Crippen molar-refractivity contribution in [3.8, 4) is 0 Å². The van der Waals surface area contributed by atoms with Crippen molar-refractivity contribution in [2.24, 2.45) is 0 Å². The zero-order valence-electron chi connectivity index (χ0n) is 11.7. The van der Waals surface area contributed by atoms with E-state index >= 15 is 0 Å². The highest BCUT2D eigenvalue weighted by atomic mass is 32.1. The lowest BCUT2D eigenvalue weighted by Crippen LogP contribution is -2.45. The van der Waals surface area contributed by atoms with Crippen molar-refractivity contribution in [2.75, 3.05) is 0 Å². The van der Waals surface area contributed by atoms with Crippen molar-refractivity contribution < 1.29 is 4.42 Å². The molecule has 0 bridgehead atoms. The third-order valence-corrected chi connectivity index (χ3v) is 3.96. The molecular weight excluding hydrogens is 256 g/mol. The van der Waals surface area contributed by atoms with Crippen molar-refractivity contribution in [1.82, 2.24) is 10.6 Å². The Labute approximate surface area is 121 Å². The first-order valence-corrected chi connectivity index (χ1v) is 7.74. The van der Waals surface area contributed by atoms with Gasteiger partial charge in [-0.2, -0.15) is 0 Å². The van der Waals surface area contributed by atoms with Crippen LogP contribution in [0.1, 0.15) is 51.2 Å². The van der Waals surface area contributed by atoms with Gasteiger partial charge in [0, 0.05) is 18.5 Å². The molecule has 1 aromatic rings. The highest BCUT2D eigenvalue weighted by Gasteiger charge is 2.14. The van der Waals surface area contributed by atoms with Crippen LogP contribution in [0.4, 0.5) is 0 Å². The average Bonchev–Trinajstić information content (AvgIpc) is 2.90. The van der Waals surface area contributed by atoms with Crippen LogP contribution in [0.25, 0.3) is 0 Å². The maximum atomic E-state index is 5.38. The summed E-state index contributed by atoms with van der Waals surface area (Å²) in [6, 6.07) is 4.90. The molecule has 1 saturated carbocycles. The Morgan fingerprint density at radius 2 is 2.21 bits per heavy atom. The van der Waals surface area contributed by atoms with Crippen LogP contribution in [0.15, 0.2) is 22.8 Å². The van der Waals surface area contributed by atoms with Crippen molar-refractivity contribution in [3.05, 3.63) is 24.2 Å². The van der Waals surface area contributed by atoms with Gasteiger partial charge in [0.15, 0.2) is 5.11 Å². The Morgan fingerprint density at radius 3 is 2.89 bits per heavy atom. The molecule has 0 spiro atoms. The number of rotatable bonds is 5. The molecule has 4 heteroatoms. The van der Waals surface area contributed by atoms with Crippen LogP contribution in [0.5, 0.6) is 0 Å². The summed E-state index contributed by atoms with van der Waals surface area (Å²) in [5, 5.41) is 7.61. The molecule has 0 amide bonds. The molecule has 0 radical (unpaired) electrons. The Bertz CT molecular complexity index is 372. The van der Waals surface area contributed by atoms with Crippen molar-refractivity contribution in [3.63, 3.8) is 0 Å². The van der Waals surface area contributed by atoms with Crippen LogP contribution in [-0.2, 0) is 6.42 Å². The zero-order chi connectivity index (χ0) is 13.5. The van der Waals surface area contributed by atoms with Crippen LogP contribution in [0.2, 0.25) is 0 Å². The lowest BCUT2D eigenvalue weighted by atomic mass is 9.96. The SMILES string of the molecule is C[C@@H](CCc1ccco1)NC(=S)NC1CCCCC1. The van der Waals surface area contributed by atoms with Crippen LogP contribution < -0.4 is 10.6 Å². The van der Waals surface area contributed by atoms with E-state index in [0.29, 0.717) is 12.1 Å². The Hall–Kier alpha value is -1.03. The Kier molecular flexibility index (Phi) is 5.70. The smallest absolute Gasteiger partial charge is 0.166 e. The molecule has 0 aromatic carbocycles. The van der Waals surface area contributed by atoms with Gasteiger partial charge in [-0.1, -0.05) is 19.3 Å². The standard InChI is InChI=1S/C15H24N2OS/c1-12(9-10-14-8-5-11-18-14)16-15(19)17-13-6-3-2-4-7-13/h5,8,11-13H,2-4,6-7,9-10H2,1H3,(H2,16,17,19)/t12-/m0/s1. The van der Waals surface area contributed by atoms with Crippen LogP contribution >= 0.6 is 12.2 Å². The maximum absolute atomic E-state index is 5.38. The van der Waals surface area contributed by atoms with Gasteiger partial charge in [0.1, 0.15) is 5.76 Å². The van der Waals surface area contributed by atoms with Crippen molar-refractivity contribution >= 4 is 17.3 Å². The molecule has 2 N–H and O–H groups in total. The molecule has 1 atom stereocenters. The molecule has 0 aliphatic heterocycles. The van der Waals surface area contributed by atoms with Gasteiger partial charge in [0.25, 0.3) is 0 Å². The predicted molar refractivity (Wildman–Crippen MR) is 82.2 cm³/mol. The van der Waals surface area contributed by atoms with Crippen LogP contribution in [-0.4, -0.2) is 17.2 Å². The largest absolute Gasteiger partial charge is 0.469 e. The lowest BCUT2D eigenvalue weighted by molar-refractivity contribution is 0.409. The summed E-state index contributed by atoms with van der Waals surface area (Å²) in [5.41, 5.74) is 0. The van der Waals surface area contributed by atoms with E-state index in [1.807, 2.05) is 12.1 Å². The van der Waals surface area contributed by atoms with E-state index in [9.17, 15) is 0 Å². The summed E-state index contributed by atoms with van der Waals surface area (Å²) in [6.45, 7) is 2.16. The number of hydrogen-bond donors (Lipinski definition) is 2. The fourth-order valence-corrected chi connectivity index (χ4v) is 2.95. The third-order valence-electron chi connectivity index (χ3n) is 3.72. The topological polar surface area (TPSA) is 37.2 Å². The van der Waals surface area contributed by atoms with E-state index < -0.39 is 0 Å². The molecule has 1 aromatic heterocycles.